The van der Waals surface area contributed by atoms with E-state index in [1.807, 2.05) is 0 Å². The molecule has 0 aromatic rings. The molecule has 0 aromatic heterocycles. The summed E-state index contributed by atoms with van der Waals surface area (Å²) in [6.07, 6.45) is 0. The van der Waals surface area contributed by atoms with Crippen molar-refractivity contribution >= 4 is 260 Å². The van der Waals surface area contributed by atoms with E-state index in [4.69, 9.17) is 39.8 Å². The molecule has 0 amide bonds. The Labute approximate surface area is 379 Å². The quantitative estimate of drug-likeness (QED) is 0.204. The molecule has 0 radical (unpaired) electrons. The van der Waals surface area contributed by atoms with Crippen LogP contribution in [-0.2, 0) is 106 Å². The van der Waals surface area contributed by atoms with Gasteiger partial charge < -0.3 is 11.0 Å². The van der Waals surface area contributed by atoms with Crippen molar-refractivity contribution in [3.63, 3.8) is 0 Å². The van der Waals surface area contributed by atoms with Gasteiger partial charge >= 0.3 is 382 Å². The Kier molecular flexibility index (Phi) is 223. The van der Waals surface area contributed by atoms with E-state index >= 15 is 0 Å². The van der Waals surface area contributed by atoms with E-state index in [1.54, 1.807) is 0 Å². The second kappa shape index (κ2) is 69.9. The molecule has 0 spiro atoms. The third-order valence-corrected chi connectivity index (χ3v) is 0. The number of hydrogen-bond acceptors (Lipinski definition) is 12. The van der Waals surface area contributed by atoms with Crippen molar-refractivity contribution < 1.29 is 133 Å². The summed E-state index contributed by atoms with van der Waals surface area (Å²) in [7, 11) is 0. The van der Waals surface area contributed by atoms with Crippen LogP contribution in [0.3, 0.4) is 0 Å². The second-order valence-corrected chi connectivity index (χ2v) is 5.02. The Morgan fingerprint density at radius 2 is 0.542 bits per heavy atom. The van der Waals surface area contributed by atoms with E-state index < -0.39 is 82.5 Å². The van der Waals surface area contributed by atoms with Crippen molar-refractivity contribution in [3.05, 3.63) is 0 Å². The van der Waals surface area contributed by atoms with Crippen molar-refractivity contribution in [2.24, 2.45) is 0 Å². The monoisotopic (exact) mass is 1030 g/mol. The molecule has 0 aliphatic heterocycles. The first-order valence-electron chi connectivity index (χ1n) is 2.45. The molecule has 0 saturated heterocycles. The van der Waals surface area contributed by atoms with Crippen LogP contribution in [-0.4, -0.2) is 260 Å². The zero-order chi connectivity index (χ0) is 14.3. The molecule has 0 bridgehead atoms. The SMILES string of the molecule is [Ba+2].[Ba+2].[Ba+2].[Ca+2].[Ca+2].[Ca+2].[O-2].[O-2].[O]=[Ti]([O-])[O-].[O]=[Ti]([O-])[O-].[O]=[Zr]([O-])[O-].[O]=[Zr]([O-])[O-]. The van der Waals surface area contributed by atoms with Crippen LogP contribution in [0.4, 0.5) is 0 Å². The van der Waals surface area contributed by atoms with Gasteiger partial charge in [0.2, 0.25) is 0 Å². The van der Waals surface area contributed by atoms with Gasteiger partial charge in [-0.15, -0.1) is 0 Å². The van der Waals surface area contributed by atoms with Gasteiger partial charge in [0.15, 0.2) is 0 Å². The normalized spacial score (nSPS) is 4.33. The summed E-state index contributed by atoms with van der Waals surface area (Å²) in [4.78, 5) is 0. The zero-order valence-electron chi connectivity index (χ0n) is 12.0. The van der Waals surface area contributed by atoms with Crippen molar-refractivity contribution in [1.82, 2.24) is 0 Å². The van der Waals surface area contributed by atoms with Gasteiger partial charge in [0.1, 0.15) is 0 Å². The minimum atomic E-state index is -4.29. The first-order chi connectivity index (χ1) is 6.93. The molecule has 0 saturated carbocycles. The molecule has 0 aromatic carbocycles. The predicted molar refractivity (Wildman–Crippen MR) is 38.6 cm³/mol. The molecule has 0 heterocycles. The van der Waals surface area contributed by atoms with Crippen LogP contribution >= 0.6 is 0 Å². The summed E-state index contributed by atoms with van der Waals surface area (Å²) in [5.41, 5.74) is 0. The molecule has 0 N–H and O–H groups in total. The first-order valence-corrected chi connectivity index (χ1v) is 12.3. The molecule has 24 heavy (non-hydrogen) atoms. The van der Waals surface area contributed by atoms with E-state index in [0.717, 1.165) is 0 Å². The molecule has 24 heteroatoms. The van der Waals surface area contributed by atoms with Crippen molar-refractivity contribution in [2.75, 3.05) is 0 Å². The first kappa shape index (κ1) is 76.5. The molecule has 0 unspecified atom stereocenters. The van der Waals surface area contributed by atoms with E-state index in [0.29, 0.717) is 0 Å². The fraction of sp³-hybridized carbons (Fsp3) is 0. The standard InChI is InChI=1S/3Ba.3Ca.14O.2Ti.2Zr/q6*+2;;;;;2*-2;8*-1;;;;. The molecule has 0 atom stereocenters. The van der Waals surface area contributed by atoms with E-state index in [1.165, 1.54) is 0 Å². The Hall–Kier alpha value is 10.5. The topological polar surface area (TPSA) is 310 Å². The van der Waals surface area contributed by atoms with Crippen LogP contribution in [0.15, 0.2) is 0 Å². The average Bonchev–Trinajstić information content (AvgIpc) is 1.76. The predicted octanol–water partition coefficient (Wildman–Crippen LogP) is -12.5. The Balaban J connectivity index is -0.00000000720. The van der Waals surface area contributed by atoms with Gasteiger partial charge in [0, 0.05) is 0 Å². The maximum absolute atomic E-state index is 8.61. The summed E-state index contributed by atoms with van der Waals surface area (Å²) >= 11 is -16.8. The van der Waals surface area contributed by atoms with Gasteiger partial charge in [-0.05, 0) is 0 Å². The fourth-order valence-corrected chi connectivity index (χ4v) is 0. The molecule has 0 aliphatic carbocycles. The average molecular weight is 1030 g/mol. The van der Waals surface area contributed by atoms with Gasteiger partial charge in [-0.3, -0.25) is 0 Å². The third kappa shape index (κ3) is 293. The Morgan fingerprint density at radius 3 is 0.542 bits per heavy atom. The van der Waals surface area contributed by atoms with Gasteiger partial charge in [0.05, 0.1) is 0 Å². The van der Waals surface area contributed by atoms with Gasteiger partial charge in [-0.25, -0.2) is 0 Å². The number of rotatable bonds is 0. The Morgan fingerprint density at radius 1 is 0.542 bits per heavy atom. The molecular weight excluding hydrogens is 1030 g/mol. The summed E-state index contributed by atoms with van der Waals surface area (Å²) in [5.74, 6) is 0. The van der Waals surface area contributed by atoms with E-state index in [2.05, 4.69) is 0 Å². The van der Waals surface area contributed by atoms with E-state index in [9.17, 15) is 0 Å². The van der Waals surface area contributed by atoms with Crippen LogP contribution < -0.4 is 27.5 Å². The van der Waals surface area contributed by atoms with E-state index in [-0.39, 0.29) is 271 Å². The summed E-state index contributed by atoms with van der Waals surface area (Å²) in [5, 5.41) is 0. The van der Waals surface area contributed by atoms with Gasteiger partial charge in [-0.2, -0.15) is 0 Å². The molecule has 0 rings (SSSR count). The molecular formula is Ba3Ca3O14Ti2Zr2. The summed E-state index contributed by atoms with van der Waals surface area (Å²) in [6.45, 7) is 0. The van der Waals surface area contributed by atoms with Crippen molar-refractivity contribution in [3.8, 4) is 0 Å². The minimum absolute atomic E-state index is 0. The van der Waals surface area contributed by atoms with Crippen molar-refractivity contribution in [2.45, 2.75) is 0 Å². The van der Waals surface area contributed by atoms with Crippen LogP contribution in [0.5, 0.6) is 0 Å². The summed E-state index contributed by atoms with van der Waals surface area (Å²) in [6, 6.07) is 0. The third-order valence-electron chi connectivity index (χ3n) is 0. The van der Waals surface area contributed by atoms with Gasteiger partial charge in [0.25, 0.3) is 0 Å². The van der Waals surface area contributed by atoms with Crippen LogP contribution in [0.25, 0.3) is 0 Å². The van der Waals surface area contributed by atoms with Crippen molar-refractivity contribution in [1.29, 1.82) is 0 Å². The molecule has 0 aliphatic rings. The Bertz CT molecular complexity index is 183. The van der Waals surface area contributed by atoms with Gasteiger partial charge in [-0.1, -0.05) is 0 Å². The number of hydrogen-bond donors (Lipinski definition) is 0. The molecule has 0 fully saturated rings. The second-order valence-electron chi connectivity index (χ2n) is 1.00. The fourth-order valence-electron chi connectivity index (χ4n) is 0. The maximum atomic E-state index is 8.61. The van der Waals surface area contributed by atoms with Crippen LogP contribution in [0, 0.1) is 0 Å². The molecule has 112 valence electrons. The van der Waals surface area contributed by atoms with Crippen LogP contribution in [0.1, 0.15) is 0 Å². The zero-order valence-corrected chi connectivity index (χ0v) is 39.9. The van der Waals surface area contributed by atoms with Crippen LogP contribution in [0.2, 0.25) is 0 Å². The summed E-state index contributed by atoms with van der Waals surface area (Å²) < 4.78 is 103. The molecule has 14 nitrogen and oxygen atoms in total.